The van der Waals surface area contributed by atoms with Crippen LogP contribution in [0.1, 0.15) is 6.42 Å². The molecule has 4 nitrogen and oxygen atoms in total. The first-order valence-corrected chi connectivity index (χ1v) is 3.29. The van der Waals surface area contributed by atoms with Gasteiger partial charge in [0.1, 0.15) is 0 Å². The molecule has 1 heterocycles. The second-order valence-corrected chi connectivity index (χ2v) is 2.46. The van der Waals surface area contributed by atoms with E-state index in [2.05, 4.69) is 5.32 Å². The fraction of sp³-hybridized carbons (Fsp3) is 0.833. The fourth-order valence-corrected chi connectivity index (χ4v) is 1.10. The van der Waals surface area contributed by atoms with E-state index in [0.717, 1.165) is 6.54 Å². The molecule has 58 valence electrons. The zero-order valence-electron chi connectivity index (χ0n) is 5.96. The van der Waals surface area contributed by atoms with Crippen molar-refractivity contribution < 1.29 is 9.53 Å². The van der Waals surface area contributed by atoms with Gasteiger partial charge in [0.25, 0.3) is 0 Å². The van der Waals surface area contributed by atoms with Crippen molar-refractivity contribution in [1.82, 2.24) is 5.32 Å². The van der Waals surface area contributed by atoms with Crippen LogP contribution < -0.4 is 11.1 Å². The lowest BCUT2D eigenvalue weighted by molar-refractivity contribution is -0.119. The van der Waals surface area contributed by atoms with E-state index in [4.69, 9.17) is 10.5 Å². The largest absolute Gasteiger partial charge is 0.380 e. The number of carbonyl (C=O) groups excluding carboxylic acids is 1. The Bertz CT molecular complexity index is 138. The predicted octanol–water partition coefficient (Wildman–Crippen LogP) is -1.15. The van der Waals surface area contributed by atoms with Crippen molar-refractivity contribution in [3.8, 4) is 0 Å². The fourth-order valence-electron chi connectivity index (χ4n) is 1.10. The molecular weight excluding hydrogens is 132 g/mol. The summed E-state index contributed by atoms with van der Waals surface area (Å²) in [5.74, 6) is -0.292. The molecule has 0 saturated carbocycles. The molecule has 0 aromatic rings. The summed E-state index contributed by atoms with van der Waals surface area (Å²) in [7, 11) is 1.63. The molecule has 1 aliphatic rings. The smallest absolute Gasteiger partial charge is 0.234 e. The first-order chi connectivity index (χ1) is 4.74. The molecule has 1 rings (SSSR count). The molecule has 1 aliphatic heterocycles. The van der Waals surface area contributed by atoms with Crippen molar-refractivity contribution in [2.24, 2.45) is 5.73 Å². The molecule has 1 saturated heterocycles. The summed E-state index contributed by atoms with van der Waals surface area (Å²) in [6.45, 7) is 0.726. The number of ether oxygens (including phenoxy) is 1. The van der Waals surface area contributed by atoms with Crippen LogP contribution in [0.2, 0.25) is 0 Å². The first kappa shape index (κ1) is 7.50. The van der Waals surface area contributed by atoms with Crippen LogP contribution in [0.15, 0.2) is 0 Å². The number of nitrogens with one attached hydrogen (secondary N) is 1. The van der Waals surface area contributed by atoms with Gasteiger partial charge < -0.3 is 15.8 Å². The van der Waals surface area contributed by atoms with E-state index in [9.17, 15) is 4.79 Å². The van der Waals surface area contributed by atoms with Gasteiger partial charge in [-0.25, -0.2) is 0 Å². The van der Waals surface area contributed by atoms with Crippen LogP contribution in [-0.2, 0) is 9.53 Å². The van der Waals surface area contributed by atoms with E-state index in [-0.39, 0.29) is 18.1 Å². The lowest BCUT2D eigenvalue weighted by Crippen LogP contribution is -2.36. The van der Waals surface area contributed by atoms with Crippen LogP contribution in [0.5, 0.6) is 0 Å². The Morgan fingerprint density at radius 2 is 2.50 bits per heavy atom. The average Bonchev–Trinajstić information content (AvgIpc) is 2.34. The van der Waals surface area contributed by atoms with Crippen molar-refractivity contribution in [2.75, 3.05) is 13.7 Å². The summed E-state index contributed by atoms with van der Waals surface area (Å²) in [5, 5.41) is 2.96. The highest BCUT2D eigenvalue weighted by molar-refractivity contribution is 5.80. The SMILES string of the molecule is CO[C@@H]1CN[C@H](C(N)=O)C1. The molecule has 2 atom stereocenters. The normalized spacial score (nSPS) is 32.5. The number of carbonyl (C=O) groups is 1. The summed E-state index contributed by atoms with van der Waals surface area (Å²) in [5.41, 5.74) is 5.06. The molecular formula is C6H12N2O2. The topological polar surface area (TPSA) is 64.3 Å². The molecule has 0 unspecified atom stereocenters. The number of rotatable bonds is 2. The van der Waals surface area contributed by atoms with Crippen LogP contribution in [-0.4, -0.2) is 31.7 Å². The van der Waals surface area contributed by atoms with Crippen LogP contribution in [0.3, 0.4) is 0 Å². The molecule has 0 spiro atoms. The molecule has 10 heavy (non-hydrogen) atoms. The third-order valence-electron chi connectivity index (χ3n) is 1.77. The van der Waals surface area contributed by atoms with Crippen molar-refractivity contribution in [2.45, 2.75) is 18.6 Å². The van der Waals surface area contributed by atoms with Crippen LogP contribution in [0, 0.1) is 0 Å². The summed E-state index contributed by atoms with van der Waals surface area (Å²) in [6, 6.07) is -0.190. The van der Waals surface area contributed by atoms with Gasteiger partial charge in [0.2, 0.25) is 5.91 Å². The van der Waals surface area contributed by atoms with Gasteiger partial charge in [0.05, 0.1) is 12.1 Å². The van der Waals surface area contributed by atoms with Gasteiger partial charge in [0, 0.05) is 13.7 Å². The Morgan fingerprint density at radius 3 is 2.80 bits per heavy atom. The Kier molecular flexibility index (Phi) is 2.24. The Morgan fingerprint density at radius 1 is 1.80 bits per heavy atom. The van der Waals surface area contributed by atoms with Gasteiger partial charge in [-0.3, -0.25) is 4.79 Å². The number of hydrogen-bond acceptors (Lipinski definition) is 3. The summed E-state index contributed by atoms with van der Waals surface area (Å²) >= 11 is 0. The summed E-state index contributed by atoms with van der Waals surface area (Å²) < 4.78 is 5.02. The zero-order valence-corrected chi connectivity index (χ0v) is 5.96. The maximum absolute atomic E-state index is 10.6. The number of nitrogens with two attached hydrogens (primary N) is 1. The maximum Gasteiger partial charge on any atom is 0.234 e. The molecule has 0 bridgehead atoms. The van der Waals surface area contributed by atoms with Crippen LogP contribution in [0.25, 0.3) is 0 Å². The van der Waals surface area contributed by atoms with E-state index in [1.165, 1.54) is 0 Å². The number of hydrogen-bond donors (Lipinski definition) is 2. The van der Waals surface area contributed by atoms with Crippen LogP contribution >= 0.6 is 0 Å². The second kappa shape index (κ2) is 2.98. The van der Waals surface area contributed by atoms with E-state index in [1.54, 1.807) is 7.11 Å². The lowest BCUT2D eigenvalue weighted by Gasteiger charge is -2.04. The minimum absolute atomic E-state index is 0.150. The zero-order chi connectivity index (χ0) is 7.56. The Labute approximate surface area is 59.7 Å². The van der Waals surface area contributed by atoms with Gasteiger partial charge in [-0.1, -0.05) is 0 Å². The molecule has 0 radical (unpaired) electrons. The standard InChI is InChI=1S/C6H12N2O2/c1-10-4-2-5(6(7)9)8-3-4/h4-5,8H,2-3H2,1H3,(H2,7,9)/t4-,5-/m0/s1. The Balaban J connectivity index is 2.35. The van der Waals surface area contributed by atoms with Gasteiger partial charge in [-0.2, -0.15) is 0 Å². The summed E-state index contributed by atoms with van der Waals surface area (Å²) in [6.07, 6.45) is 0.851. The number of primary amides is 1. The van der Waals surface area contributed by atoms with Gasteiger partial charge in [0.15, 0.2) is 0 Å². The van der Waals surface area contributed by atoms with Crippen molar-refractivity contribution in [3.63, 3.8) is 0 Å². The second-order valence-electron chi connectivity index (χ2n) is 2.46. The molecule has 1 fully saturated rings. The highest BCUT2D eigenvalue weighted by Gasteiger charge is 2.27. The lowest BCUT2D eigenvalue weighted by atomic mass is 10.2. The molecule has 0 aliphatic carbocycles. The number of methoxy groups -OCH3 is 1. The molecule has 0 aromatic carbocycles. The van der Waals surface area contributed by atoms with Crippen LogP contribution in [0.4, 0.5) is 0 Å². The molecule has 4 heteroatoms. The number of amides is 1. The van der Waals surface area contributed by atoms with Crippen molar-refractivity contribution in [1.29, 1.82) is 0 Å². The molecule has 3 N–H and O–H groups in total. The van der Waals surface area contributed by atoms with E-state index >= 15 is 0 Å². The van der Waals surface area contributed by atoms with Gasteiger partial charge >= 0.3 is 0 Å². The van der Waals surface area contributed by atoms with Gasteiger partial charge in [-0.15, -0.1) is 0 Å². The molecule has 0 aromatic heterocycles. The minimum atomic E-state index is -0.292. The Hall–Kier alpha value is -0.610. The summed E-state index contributed by atoms with van der Waals surface area (Å²) in [4.78, 5) is 10.6. The van der Waals surface area contributed by atoms with Crippen molar-refractivity contribution in [3.05, 3.63) is 0 Å². The highest BCUT2D eigenvalue weighted by Crippen LogP contribution is 2.08. The maximum atomic E-state index is 10.6. The average molecular weight is 144 g/mol. The van der Waals surface area contributed by atoms with E-state index < -0.39 is 0 Å². The third-order valence-corrected chi connectivity index (χ3v) is 1.77. The van der Waals surface area contributed by atoms with E-state index in [1.807, 2.05) is 0 Å². The highest BCUT2D eigenvalue weighted by atomic mass is 16.5. The first-order valence-electron chi connectivity index (χ1n) is 3.29. The van der Waals surface area contributed by atoms with E-state index in [0.29, 0.717) is 6.42 Å². The predicted molar refractivity (Wildman–Crippen MR) is 36.4 cm³/mol. The van der Waals surface area contributed by atoms with Gasteiger partial charge in [-0.05, 0) is 6.42 Å². The van der Waals surface area contributed by atoms with Crippen molar-refractivity contribution >= 4 is 5.91 Å². The minimum Gasteiger partial charge on any atom is -0.380 e. The molecule has 1 amide bonds. The quantitative estimate of drug-likeness (QED) is 0.514. The third kappa shape index (κ3) is 1.46. The monoisotopic (exact) mass is 144 g/mol.